The van der Waals surface area contributed by atoms with Gasteiger partial charge in [-0.2, -0.15) is 5.26 Å². The molecule has 1 atom stereocenters. The molecule has 2 aromatic rings. The Morgan fingerprint density at radius 1 is 1.19 bits per heavy atom. The largest absolute Gasteiger partial charge is 0.486 e. The normalized spacial score (nSPS) is 18.2. The average Bonchev–Trinajstić information content (AvgIpc) is 2.73. The van der Waals surface area contributed by atoms with E-state index >= 15 is 0 Å². The van der Waals surface area contributed by atoms with Gasteiger partial charge in [-0.05, 0) is 68.1 Å². The molecule has 0 spiro atoms. The first-order chi connectivity index (χ1) is 15.3. The summed E-state index contributed by atoms with van der Waals surface area (Å²) in [6.07, 6.45) is 1.73. The summed E-state index contributed by atoms with van der Waals surface area (Å²) in [6, 6.07) is 11.0. The van der Waals surface area contributed by atoms with Crippen LogP contribution in [0.1, 0.15) is 36.3 Å². The quantitative estimate of drug-likeness (QED) is 0.413. The van der Waals surface area contributed by atoms with E-state index in [4.69, 9.17) is 38.4 Å². The summed E-state index contributed by atoms with van der Waals surface area (Å²) in [6.45, 7) is 0.230. The van der Waals surface area contributed by atoms with E-state index in [1.165, 1.54) is 0 Å². The SMILES string of the molecule is N#CC1=C(N)OC2=C(C(=O)CCC2)[C@H]1c1cc(Br)c(OCc2ccc(Cl)cc2Cl)c(Br)c1. The third kappa shape index (κ3) is 4.42. The van der Waals surface area contributed by atoms with Crippen molar-refractivity contribution in [2.75, 3.05) is 0 Å². The first-order valence-electron chi connectivity index (χ1n) is 9.69. The predicted octanol–water partition coefficient (Wildman–Crippen LogP) is 6.91. The Labute approximate surface area is 212 Å². The third-order valence-electron chi connectivity index (χ3n) is 5.35. The van der Waals surface area contributed by atoms with Crippen molar-refractivity contribution in [1.29, 1.82) is 5.26 Å². The number of halogens is 4. The fourth-order valence-electron chi connectivity index (χ4n) is 3.86. The highest BCUT2D eigenvalue weighted by Crippen LogP contribution is 2.46. The van der Waals surface area contributed by atoms with Crippen LogP contribution in [0.25, 0.3) is 0 Å². The second-order valence-corrected chi connectivity index (χ2v) is 9.93. The minimum atomic E-state index is -0.594. The number of carbonyl (C=O) groups excluding carboxylic acids is 1. The molecule has 2 aliphatic rings. The predicted molar refractivity (Wildman–Crippen MR) is 129 cm³/mol. The van der Waals surface area contributed by atoms with Crippen LogP contribution in [0.5, 0.6) is 5.75 Å². The number of carbonyl (C=O) groups is 1. The number of nitrogens with two attached hydrogens (primary N) is 1. The molecule has 4 rings (SSSR count). The topological polar surface area (TPSA) is 85.3 Å². The Hall–Kier alpha value is -1.98. The lowest BCUT2D eigenvalue weighted by Gasteiger charge is -2.31. The Morgan fingerprint density at radius 2 is 1.91 bits per heavy atom. The van der Waals surface area contributed by atoms with Crippen LogP contribution in [0.15, 0.2) is 62.1 Å². The second kappa shape index (κ2) is 9.48. The number of ether oxygens (including phenoxy) is 2. The lowest BCUT2D eigenvalue weighted by atomic mass is 9.77. The van der Waals surface area contributed by atoms with Crippen LogP contribution in [0.3, 0.4) is 0 Å². The Morgan fingerprint density at radius 3 is 2.56 bits per heavy atom. The Bertz CT molecular complexity index is 1210. The van der Waals surface area contributed by atoms with Crippen molar-refractivity contribution in [1.82, 2.24) is 0 Å². The van der Waals surface area contributed by atoms with Crippen molar-refractivity contribution < 1.29 is 14.3 Å². The van der Waals surface area contributed by atoms with E-state index in [1.54, 1.807) is 18.2 Å². The number of allylic oxidation sites excluding steroid dienone is 3. The number of rotatable bonds is 4. The van der Waals surface area contributed by atoms with E-state index in [0.29, 0.717) is 55.3 Å². The van der Waals surface area contributed by atoms with E-state index in [-0.39, 0.29) is 23.8 Å². The van der Waals surface area contributed by atoms with Crippen molar-refractivity contribution in [3.8, 4) is 11.8 Å². The van der Waals surface area contributed by atoms with Crippen molar-refractivity contribution in [2.24, 2.45) is 5.73 Å². The number of benzene rings is 2. The molecule has 164 valence electrons. The van der Waals surface area contributed by atoms with Gasteiger partial charge in [0.05, 0.1) is 14.9 Å². The summed E-state index contributed by atoms with van der Waals surface area (Å²) < 4.78 is 12.9. The summed E-state index contributed by atoms with van der Waals surface area (Å²) in [5, 5.41) is 10.8. The van der Waals surface area contributed by atoms with Crippen LogP contribution in [0.4, 0.5) is 0 Å². The maximum absolute atomic E-state index is 12.8. The van der Waals surface area contributed by atoms with Gasteiger partial charge in [0.15, 0.2) is 5.78 Å². The monoisotopic (exact) mass is 596 g/mol. The van der Waals surface area contributed by atoms with Gasteiger partial charge >= 0.3 is 0 Å². The zero-order valence-corrected chi connectivity index (χ0v) is 21.2. The molecule has 0 fully saturated rings. The van der Waals surface area contributed by atoms with E-state index in [0.717, 1.165) is 11.1 Å². The van der Waals surface area contributed by atoms with Crippen LogP contribution in [0, 0.1) is 11.3 Å². The Balaban J connectivity index is 1.70. The van der Waals surface area contributed by atoms with Gasteiger partial charge in [-0.25, -0.2) is 0 Å². The van der Waals surface area contributed by atoms with Crippen LogP contribution in [-0.2, 0) is 16.1 Å². The Kier molecular flexibility index (Phi) is 6.87. The molecule has 0 unspecified atom stereocenters. The van der Waals surface area contributed by atoms with Gasteiger partial charge in [0, 0.05) is 34.0 Å². The van der Waals surface area contributed by atoms with Gasteiger partial charge in [0.1, 0.15) is 29.8 Å². The summed E-state index contributed by atoms with van der Waals surface area (Å²) in [5.41, 5.74) is 8.27. The van der Waals surface area contributed by atoms with Gasteiger partial charge in [0.2, 0.25) is 5.88 Å². The maximum atomic E-state index is 12.8. The van der Waals surface area contributed by atoms with Crippen molar-refractivity contribution in [3.05, 3.63) is 83.2 Å². The molecule has 9 heteroatoms. The molecule has 0 saturated heterocycles. The molecule has 1 aliphatic carbocycles. The first kappa shape index (κ1) is 23.2. The van der Waals surface area contributed by atoms with Crippen LogP contribution >= 0.6 is 55.1 Å². The highest BCUT2D eigenvalue weighted by atomic mass is 79.9. The zero-order valence-electron chi connectivity index (χ0n) is 16.6. The molecule has 2 N–H and O–H groups in total. The molecule has 5 nitrogen and oxygen atoms in total. The molecule has 0 radical (unpaired) electrons. The molecule has 0 amide bonds. The number of nitrogens with zero attached hydrogens (tertiary/aromatic N) is 1. The summed E-state index contributed by atoms with van der Waals surface area (Å²) in [4.78, 5) is 12.8. The summed E-state index contributed by atoms with van der Waals surface area (Å²) in [7, 11) is 0. The number of ketones is 1. The standard InChI is InChI=1S/C23H16Br2Cl2N2O3/c24-15-6-12(7-16(25)22(15)31-10-11-4-5-13(26)8-17(11)27)20-14(9-28)23(29)32-19-3-1-2-18(30)21(19)20/h4-8,20H,1-3,10,29H2/t20-/m0/s1. The summed E-state index contributed by atoms with van der Waals surface area (Å²) in [5.74, 6) is 0.528. The van der Waals surface area contributed by atoms with Crippen LogP contribution in [0.2, 0.25) is 10.0 Å². The highest BCUT2D eigenvalue weighted by Gasteiger charge is 2.38. The molecule has 0 aromatic heterocycles. The fraction of sp³-hybridized carbons (Fsp3) is 0.217. The van der Waals surface area contributed by atoms with Gasteiger partial charge in [0.25, 0.3) is 0 Å². The number of hydrogen-bond acceptors (Lipinski definition) is 5. The molecule has 1 aliphatic heterocycles. The van der Waals surface area contributed by atoms with Gasteiger partial charge in [-0.15, -0.1) is 0 Å². The highest BCUT2D eigenvalue weighted by molar-refractivity contribution is 9.11. The second-order valence-electron chi connectivity index (χ2n) is 7.38. The molecule has 32 heavy (non-hydrogen) atoms. The van der Waals surface area contributed by atoms with E-state index in [1.807, 2.05) is 12.1 Å². The lowest BCUT2D eigenvalue weighted by Crippen LogP contribution is -2.27. The fourth-order valence-corrected chi connectivity index (χ4v) is 5.78. The molecule has 2 aromatic carbocycles. The lowest BCUT2D eigenvalue weighted by molar-refractivity contribution is -0.116. The van der Waals surface area contributed by atoms with Crippen molar-refractivity contribution in [2.45, 2.75) is 31.8 Å². The van der Waals surface area contributed by atoms with Crippen molar-refractivity contribution in [3.63, 3.8) is 0 Å². The van der Waals surface area contributed by atoms with Gasteiger partial charge in [-0.3, -0.25) is 4.79 Å². The van der Waals surface area contributed by atoms with E-state index in [2.05, 4.69) is 37.9 Å². The van der Waals surface area contributed by atoms with Crippen LogP contribution in [-0.4, -0.2) is 5.78 Å². The smallest absolute Gasteiger partial charge is 0.205 e. The number of Topliss-reactive ketones (excluding diaryl/α,β-unsaturated/α-hetero) is 1. The van der Waals surface area contributed by atoms with Crippen LogP contribution < -0.4 is 10.5 Å². The average molecular weight is 599 g/mol. The molecule has 0 bridgehead atoms. The van der Waals surface area contributed by atoms with E-state index < -0.39 is 5.92 Å². The van der Waals surface area contributed by atoms with Gasteiger partial charge in [-0.1, -0.05) is 29.3 Å². The minimum Gasteiger partial charge on any atom is -0.486 e. The van der Waals surface area contributed by atoms with Gasteiger partial charge < -0.3 is 15.2 Å². The molecular weight excluding hydrogens is 583 g/mol. The first-order valence-corrected chi connectivity index (χ1v) is 12.0. The molecule has 0 saturated carbocycles. The summed E-state index contributed by atoms with van der Waals surface area (Å²) >= 11 is 19.3. The number of hydrogen-bond donors (Lipinski definition) is 1. The zero-order chi connectivity index (χ0) is 23.0. The number of nitriles is 1. The van der Waals surface area contributed by atoms with E-state index in [9.17, 15) is 10.1 Å². The molecular formula is C23H16Br2Cl2N2O3. The van der Waals surface area contributed by atoms with Crippen molar-refractivity contribution >= 4 is 60.8 Å². The maximum Gasteiger partial charge on any atom is 0.205 e. The molecule has 1 heterocycles. The third-order valence-corrected chi connectivity index (χ3v) is 7.11. The minimum absolute atomic E-state index is 0.0264.